The van der Waals surface area contributed by atoms with Gasteiger partial charge in [-0.05, 0) is 67.5 Å². The van der Waals surface area contributed by atoms with Gasteiger partial charge in [0.1, 0.15) is 35.9 Å². The summed E-state index contributed by atoms with van der Waals surface area (Å²) in [6, 6.07) is 10.3. The highest BCUT2D eigenvalue weighted by molar-refractivity contribution is 5.76. The molecule has 0 amide bonds. The Balaban J connectivity index is 1.59. The van der Waals surface area contributed by atoms with Crippen molar-refractivity contribution in [2.24, 2.45) is 0 Å². The Labute approximate surface area is 197 Å². The first kappa shape index (κ1) is 24.9. The number of aliphatic hydroxyl groups excluding tert-OH is 5. The maximum atomic E-state index is 10.7. The number of ether oxygens (including phenoxy) is 2. The monoisotopic (exact) mass is 476 g/mol. The largest absolute Gasteiger partial charge is 0.507 e. The van der Waals surface area contributed by atoms with Gasteiger partial charge in [-0.15, -0.1) is 0 Å². The first-order chi connectivity index (χ1) is 16.3. The third-order valence-electron chi connectivity index (χ3n) is 6.64. The van der Waals surface area contributed by atoms with Gasteiger partial charge in [0.05, 0.1) is 18.8 Å². The molecule has 1 aliphatic carbocycles. The van der Waals surface area contributed by atoms with E-state index in [0.29, 0.717) is 36.8 Å². The second-order valence-corrected chi connectivity index (χ2v) is 9.13. The Morgan fingerprint density at radius 2 is 1.38 bits per heavy atom. The fourth-order valence-corrected chi connectivity index (χ4v) is 4.60. The van der Waals surface area contributed by atoms with Crippen LogP contribution in [0.15, 0.2) is 36.4 Å². The summed E-state index contributed by atoms with van der Waals surface area (Å²) in [7, 11) is 0. The van der Waals surface area contributed by atoms with Crippen molar-refractivity contribution in [3.8, 4) is 22.6 Å². The number of aromatic hydroxyl groups is 2. The average molecular weight is 477 g/mol. The smallest absolute Gasteiger partial charge is 0.186 e. The summed E-state index contributed by atoms with van der Waals surface area (Å²) in [5.74, 6) is 0.0932. The standard InChI is InChI=1S/C25H32O9/c26-12-21-22(30)23(31)24(32)25(34-21)33-16-6-2-14-4-8-20(29)18(10-14)17-9-13(3-7-19(17)28)1-5-15(27)11-16/h3-4,7-10,15-16,21-32H,1-2,5-6,11-12H2/t15-,16-,21+,22+,23-,24+,25+/m0/s1. The number of rotatable bonds is 3. The van der Waals surface area contributed by atoms with E-state index in [1.54, 1.807) is 36.4 Å². The van der Waals surface area contributed by atoms with Crippen LogP contribution in [0.3, 0.4) is 0 Å². The van der Waals surface area contributed by atoms with Crippen LogP contribution in [0.4, 0.5) is 0 Å². The van der Waals surface area contributed by atoms with Crippen LogP contribution in [0.25, 0.3) is 11.1 Å². The number of aliphatic hydroxyl groups is 5. The van der Waals surface area contributed by atoms with Crippen LogP contribution in [0.5, 0.6) is 11.5 Å². The zero-order valence-electron chi connectivity index (χ0n) is 18.7. The van der Waals surface area contributed by atoms with Gasteiger partial charge in [-0.25, -0.2) is 0 Å². The molecule has 1 fully saturated rings. The molecule has 2 aromatic rings. The minimum Gasteiger partial charge on any atom is -0.507 e. The van der Waals surface area contributed by atoms with Crippen molar-refractivity contribution < 1.29 is 45.2 Å². The first-order valence-corrected chi connectivity index (χ1v) is 11.5. The van der Waals surface area contributed by atoms with Crippen LogP contribution in [0.2, 0.25) is 0 Å². The molecule has 4 bridgehead atoms. The Kier molecular flexibility index (Phi) is 7.73. The van der Waals surface area contributed by atoms with Crippen molar-refractivity contribution in [1.29, 1.82) is 0 Å². The zero-order valence-corrected chi connectivity index (χ0v) is 18.7. The van der Waals surface area contributed by atoms with Crippen molar-refractivity contribution >= 4 is 0 Å². The minimum absolute atomic E-state index is 0.0419. The third kappa shape index (κ3) is 5.36. The highest BCUT2D eigenvalue weighted by atomic mass is 16.7. The second-order valence-electron chi connectivity index (χ2n) is 9.13. The molecule has 7 N–H and O–H groups in total. The number of phenols is 2. The molecule has 0 aromatic heterocycles. The number of fused-ring (bicyclic) bond motifs is 5. The van der Waals surface area contributed by atoms with Gasteiger partial charge in [0, 0.05) is 11.1 Å². The fraction of sp³-hybridized carbons (Fsp3) is 0.520. The van der Waals surface area contributed by atoms with Gasteiger partial charge in [-0.3, -0.25) is 0 Å². The summed E-state index contributed by atoms with van der Waals surface area (Å²) in [4.78, 5) is 0. The van der Waals surface area contributed by atoms with Gasteiger partial charge < -0.3 is 45.2 Å². The van der Waals surface area contributed by atoms with Crippen molar-refractivity contribution in [2.75, 3.05) is 6.61 Å². The predicted octanol–water partition coefficient (Wildman–Crippen LogP) is 0.580. The van der Waals surface area contributed by atoms with Crippen LogP contribution in [0, 0.1) is 0 Å². The van der Waals surface area contributed by atoms with Gasteiger partial charge in [-0.2, -0.15) is 0 Å². The first-order valence-electron chi connectivity index (χ1n) is 11.5. The molecule has 9 heteroatoms. The lowest BCUT2D eigenvalue weighted by atomic mass is 9.96. The topological polar surface area (TPSA) is 160 Å². The van der Waals surface area contributed by atoms with E-state index in [1.165, 1.54) is 0 Å². The highest BCUT2D eigenvalue weighted by Gasteiger charge is 2.44. The minimum atomic E-state index is -1.55. The highest BCUT2D eigenvalue weighted by Crippen LogP contribution is 2.37. The molecule has 0 unspecified atom stereocenters. The summed E-state index contributed by atoms with van der Waals surface area (Å²) >= 11 is 0. The van der Waals surface area contributed by atoms with Gasteiger partial charge in [-0.1, -0.05) is 12.1 Å². The van der Waals surface area contributed by atoms with Gasteiger partial charge in [0.2, 0.25) is 0 Å². The van der Waals surface area contributed by atoms with E-state index in [1.807, 2.05) is 0 Å². The average Bonchev–Trinajstić information content (AvgIpc) is 2.83. The lowest BCUT2D eigenvalue weighted by Crippen LogP contribution is -2.59. The van der Waals surface area contributed by atoms with E-state index in [9.17, 15) is 35.7 Å². The molecule has 0 radical (unpaired) electrons. The molecule has 7 atom stereocenters. The Hall–Kier alpha value is -2.24. The molecule has 186 valence electrons. The number of phenolic OH excluding ortho intramolecular Hbond substituents is 2. The number of hydrogen-bond donors (Lipinski definition) is 7. The summed E-state index contributed by atoms with van der Waals surface area (Å²) in [5, 5.41) is 71.4. The molecule has 2 aliphatic rings. The quantitative estimate of drug-likeness (QED) is 0.336. The Morgan fingerprint density at radius 3 is 1.97 bits per heavy atom. The van der Waals surface area contributed by atoms with Crippen LogP contribution in [0.1, 0.15) is 30.4 Å². The van der Waals surface area contributed by atoms with Crippen molar-refractivity contribution in [2.45, 2.75) is 75.0 Å². The van der Waals surface area contributed by atoms with E-state index in [4.69, 9.17) is 9.47 Å². The molecule has 1 heterocycles. The van der Waals surface area contributed by atoms with E-state index < -0.39 is 49.5 Å². The zero-order chi connectivity index (χ0) is 24.4. The SMILES string of the molecule is OC[C@H]1O[C@@H](O[C@H]2CCc3ccc(O)c(c3)-c3cc(ccc3O)CC[C@H](O)C2)[C@H](O)[C@@H](O)[C@@H]1O. The van der Waals surface area contributed by atoms with Gasteiger partial charge in [0.25, 0.3) is 0 Å². The van der Waals surface area contributed by atoms with Gasteiger partial charge in [0.15, 0.2) is 6.29 Å². The van der Waals surface area contributed by atoms with E-state index in [-0.39, 0.29) is 17.9 Å². The lowest BCUT2D eigenvalue weighted by Gasteiger charge is -2.41. The Bertz CT molecular complexity index is 979. The molecule has 4 rings (SSSR count). The van der Waals surface area contributed by atoms with Crippen LogP contribution in [-0.4, -0.2) is 85.3 Å². The summed E-state index contributed by atoms with van der Waals surface area (Å²) in [5.41, 5.74) is 2.78. The summed E-state index contributed by atoms with van der Waals surface area (Å²) < 4.78 is 11.4. The Morgan fingerprint density at radius 1 is 0.794 bits per heavy atom. The van der Waals surface area contributed by atoms with Crippen molar-refractivity contribution in [1.82, 2.24) is 0 Å². The van der Waals surface area contributed by atoms with Crippen LogP contribution in [-0.2, 0) is 22.3 Å². The molecule has 1 aliphatic heterocycles. The van der Waals surface area contributed by atoms with E-state index >= 15 is 0 Å². The van der Waals surface area contributed by atoms with Gasteiger partial charge >= 0.3 is 0 Å². The fourth-order valence-electron chi connectivity index (χ4n) is 4.60. The molecular weight excluding hydrogens is 444 g/mol. The number of benzene rings is 2. The maximum Gasteiger partial charge on any atom is 0.186 e. The third-order valence-corrected chi connectivity index (χ3v) is 6.64. The molecular formula is C25H32O9. The van der Waals surface area contributed by atoms with Crippen molar-refractivity contribution in [3.63, 3.8) is 0 Å². The van der Waals surface area contributed by atoms with Crippen molar-refractivity contribution in [3.05, 3.63) is 47.5 Å². The molecule has 2 aromatic carbocycles. The summed E-state index contributed by atoms with van der Waals surface area (Å²) in [6.07, 6.45) is -6.09. The number of aryl methyl sites for hydroxylation is 2. The maximum absolute atomic E-state index is 10.7. The van der Waals surface area contributed by atoms with E-state index in [0.717, 1.165) is 11.1 Å². The number of hydrogen-bond acceptors (Lipinski definition) is 9. The van der Waals surface area contributed by atoms with Crippen LogP contribution < -0.4 is 0 Å². The molecule has 0 spiro atoms. The molecule has 1 saturated heterocycles. The normalized spacial score (nSPS) is 32.3. The second kappa shape index (κ2) is 10.6. The molecule has 9 nitrogen and oxygen atoms in total. The molecule has 34 heavy (non-hydrogen) atoms. The van der Waals surface area contributed by atoms with Crippen LogP contribution >= 0.6 is 0 Å². The molecule has 0 saturated carbocycles. The summed E-state index contributed by atoms with van der Waals surface area (Å²) in [6.45, 7) is -0.556. The predicted molar refractivity (Wildman–Crippen MR) is 121 cm³/mol. The lowest BCUT2D eigenvalue weighted by molar-refractivity contribution is -0.313. The van der Waals surface area contributed by atoms with E-state index in [2.05, 4.69) is 0 Å².